The number of phenolic OH excluding ortho intramolecular Hbond substituents is 1. The summed E-state index contributed by atoms with van der Waals surface area (Å²) in [5.41, 5.74) is 23.6. The molecule has 0 aliphatic heterocycles. The molecular weight excluding hydrogens is 558 g/mol. The number of imidazole rings is 1. The highest BCUT2D eigenvalue weighted by molar-refractivity contribution is 5.94. The number of benzene rings is 1. The molecule has 16 heteroatoms. The highest BCUT2D eigenvalue weighted by atomic mass is 16.3. The summed E-state index contributed by atoms with van der Waals surface area (Å²) in [5, 5.41) is 27.6. The molecule has 1 heterocycles. The molecule has 0 spiro atoms. The Bertz CT molecular complexity index is 1190. The number of hydrogen-bond donors (Lipinski definition) is 11. The topological polar surface area (TPSA) is 293 Å². The smallest absolute Gasteiger partial charge is 0.243 e. The van der Waals surface area contributed by atoms with Crippen LogP contribution in [0.1, 0.15) is 43.4 Å². The Labute approximate surface area is 249 Å². The molecule has 16 nitrogen and oxygen atoms in total. The molecule has 0 unspecified atom stereocenters. The first-order chi connectivity index (χ1) is 20.5. The van der Waals surface area contributed by atoms with Gasteiger partial charge in [-0.2, -0.15) is 0 Å². The number of aromatic hydroxyl groups is 1. The zero-order valence-electron chi connectivity index (χ0n) is 24.0. The Kier molecular flexibility index (Phi) is 14.4. The third kappa shape index (κ3) is 12.8. The van der Waals surface area contributed by atoms with Gasteiger partial charge < -0.3 is 54.3 Å². The third-order valence-electron chi connectivity index (χ3n) is 6.55. The van der Waals surface area contributed by atoms with Gasteiger partial charge in [0.15, 0.2) is 5.96 Å². The Morgan fingerprint density at radius 1 is 0.884 bits per heavy atom. The molecule has 2 aromatic rings. The van der Waals surface area contributed by atoms with Crippen molar-refractivity contribution in [1.29, 1.82) is 5.41 Å². The molecule has 2 rings (SSSR count). The molecule has 4 amide bonds. The number of carbonyl (C=O) groups is 4. The first-order valence-electron chi connectivity index (χ1n) is 14.0. The van der Waals surface area contributed by atoms with E-state index in [1.807, 2.05) is 0 Å². The molecule has 1 aromatic heterocycles. The molecule has 0 saturated heterocycles. The number of nitrogens with two attached hydrogens (primary N) is 4. The Morgan fingerprint density at radius 3 is 2.12 bits per heavy atom. The van der Waals surface area contributed by atoms with Gasteiger partial charge in [-0.1, -0.05) is 12.1 Å². The summed E-state index contributed by atoms with van der Waals surface area (Å²) in [5.74, 6) is -2.87. The van der Waals surface area contributed by atoms with Gasteiger partial charge in [0, 0.05) is 25.6 Å². The summed E-state index contributed by atoms with van der Waals surface area (Å²) in [6, 6.07) is 1.82. The van der Waals surface area contributed by atoms with Crippen molar-refractivity contribution in [1.82, 2.24) is 31.2 Å². The number of phenols is 1. The Morgan fingerprint density at radius 2 is 1.51 bits per heavy atom. The van der Waals surface area contributed by atoms with Crippen LogP contribution in [0, 0.1) is 5.41 Å². The highest BCUT2D eigenvalue weighted by Gasteiger charge is 2.30. The largest absolute Gasteiger partial charge is 0.508 e. The molecule has 236 valence electrons. The molecule has 0 bridgehead atoms. The zero-order valence-corrected chi connectivity index (χ0v) is 24.0. The van der Waals surface area contributed by atoms with E-state index in [4.69, 9.17) is 28.3 Å². The van der Waals surface area contributed by atoms with Gasteiger partial charge in [-0.15, -0.1) is 0 Å². The van der Waals surface area contributed by atoms with Crippen molar-refractivity contribution >= 4 is 29.6 Å². The molecule has 0 aliphatic rings. The molecule has 4 atom stereocenters. The van der Waals surface area contributed by atoms with Gasteiger partial charge in [-0.3, -0.25) is 24.6 Å². The van der Waals surface area contributed by atoms with Crippen LogP contribution in [0.25, 0.3) is 0 Å². The van der Waals surface area contributed by atoms with E-state index in [1.165, 1.54) is 18.5 Å². The number of aromatic nitrogens is 2. The molecule has 0 fully saturated rings. The lowest BCUT2D eigenvalue weighted by molar-refractivity contribution is -0.133. The minimum atomic E-state index is -1.17. The van der Waals surface area contributed by atoms with Crippen molar-refractivity contribution in [2.45, 2.75) is 69.1 Å². The lowest BCUT2D eigenvalue weighted by Crippen LogP contribution is -2.58. The van der Waals surface area contributed by atoms with Crippen molar-refractivity contribution in [2.24, 2.45) is 22.9 Å². The number of nitrogens with zero attached hydrogens (tertiary/aromatic N) is 1. The summed E-state index contributed by atoms with van der Waals surface area (Å²) in [7, 11) is 0. The number of carbonyl (C=O) groups excluding carboxylic acids is 4. The lowest BCUT2D eigenvalue weighted by Gasteiger charge is -2.25. The van der Waals surface area contributed by atoms with Crippen molar-refractivity contribution in [3.63, 3.8) is 0 Å². The molecule has 0 aliphatic carbocycles. The number of unbranched alkanes of at least 4 members (excludes halogenated alkanes) is 1. The predicted molar refractivity (Wildman–Crippen MR) is 159 cm³/mol. The van der Waals surface area contributed by atoms with E-state index in [0.717, 1.165) is 0 Å². The van der Waals surface area contributed by atoms with Crippen LogP contribution < -0.4 is 44.2 Å². The van der Waals surface area contributed by atoms with E-state index in [0.29, 0.717) is 37.1 Å². The maximum atomic E-state index is 13.5. The second-order valence-corrected chi connectivity index (χ2v) is 10.1. The number of hydrogen-bond acceptors (Lipinski definition) is 9. The van der Waals surface area contributed by atoms with Crippen LogP contribution >= 0.6 is 0 Å². The Hall–Kier alpha value is -4.70. The first-order valence-corrected chi connectivity index (χ1v) is 14.0. The summed E-state index contributed by atoms with van der Waals surface area (Å²) < 4.78 is 0. The van der Waals surface area contributed by atoms with Gasteiger partial charge in [0.05, 0.1) is 18.1 Å². The summed E-state index contributed by atoms with van der Waals surface area (Å²) >= 11 is 0. The average molecular weight is 602 g/mol. The second-order valence-electron chi connectivity index (χ2n) is 10.1. The van der Waals surface area contributed by atoms with Crippen LogP contribution in [0.2, 0.25) is 0 Å². The lowest BCUT2D eigenvalue weighted by atomic mass is 10.0. The fourth-order valence-corrected chi connectivity index (χ4v) is 4.20. The van der Waals surface area contributed by atoms with Crippen LogP contribution in [-0.2, 0) is 32.0 Å². The van der Waals surface area contributed by atoms with E-state index in [9.17, 15) is 24.3 Å². The minimum absolute atomic E-state index is 0.0113. The average Bonchev–Trinajstić information content (AvgIpc) is 3.47. The maximum absolute atomic E-state index is 13.5. The van der Waals surface area contributed by atoms with Crippen molar-refractivity contribution in [3.8, 4) is 5.75 Å². The number of nitrogens with one attached hydrogen (secondary N) is 6. The quantitative estimate of drug-likeness (QED) is 0.0459. The van der Waals surface area contributed by atoms with Gasteiger partial charge >= 0.3 is 0 Å². The first kappa shape index (κ1) is 34.5. The molecule has 43 heavy (non-hydrogen) atoms. The summed E-state index contributed by atoms with van der Waals surface area (Å²) in [4.78, 5) is 58.7. The van der Waals surface area contributed by atoms with Crippen molar-refractivity contribution < 1.29 is 24.3 Å². The SMILES string of the molecule is N=C(N)NCCC[C@H](NC(=O)[C@H](N)Cc1c[nH]cn1)C(=O)N[C@@H](Cc1ccc(O)cc1)C(=O)N[C@@H](CCCCN)C(N)=O. The van der Waals surface area contributed by atoms with E-state index in [2.05, 4.69) is 31.2 Å². The maximum Gasteiger partial charge on any atom is 0.243 e. The molecule has 0 radical (unpaired) electrons. The van der Waals surface area contributed by atoms with Gasteiger partial charge in [0.25, 0.3) is 0 Å². The third-order valence-corrected chi connectivity index (χ3v) is 6.55. The molecule has 0 saturated carbocycles. The summed E-state index contributed by atoms with van der Waals surface area (Å²) in [6.45, 7) is 0.675. The van der Waals surface area contributed by atoms with Crippen LogP contribution in [-0.4, -0.2) is 81.9 Å². The van der Waals surface area contributed by atoms with Crippen LogP contribution in [0.5, 0.6) is 5.75 Å². The zero-order chi connectivity index (χ0) is 31.8. The minimum Gasteiger partial charge on any atom is -0.508 e. The van der Waals surface area contributed by atoms with E-state index in [1.54, 1.807) is 18.3 Å². The fourth-order valence-electron chi connectivity index (χ4n) is 4.20. The number of primary amides is 1. The fraction of sp³-hybridized carbons (Fsp3) is 0.481. The van der Waals surface area contributed by atoms with Gasteiger partial charge in [0.2, 0.25) is 23.6 Å². The number of H-pyrrole nitrogens is 1. The molecular formula is C27H43N11O5. The van der Waals surface area contributed by atoms with Crippen LogP contribution in [0.15, 0.2) is 36.8 Å². The number of guanidine groups is 1. The monoisotopic (exact) mass is 601 g/mol. The van der Waals surface area contributed by atoms with Gasteiger partial charge in [-0.05, 0) is 56.3 Å². The number of rotatable bonds is 19. The predicted octanol–water partition coefficient (Wildman–Crippen LogP) is -2.44. The molecule has 1 aromatic carbocycles. The van der Waals surface area contributed by atoms with Crippen molar-refractivity contribution in [3.05, 3.63) is 48.0 Å². The Balaban J connectivity index is 2.23. The normalized spacial score (nSPS) is 13.6. The van der Waals surface area contributed by atoms with Gasteiger partial charge in [-0.25, -0.2) is 4.98 Å². The number of aromatic amines is 1. The van der Waals surface area contributed by atoms with E-state index < -0.39 is 47.8 Å². The molecule has 15 N–H and O–H groups in total. The summed E-state index contributed by atoms with van der Waals surface area (Å²) in [6.07, 6.45) is 5.13. The second kappa shape index (κ2) is 18.0. The van der Waals surface area contributed by atoms with Gasteiger partial charge in [0.1, 0.15) is 23.9 Å². The highest BCUT2D eigenvalue weighted by Crippen LogP contribution is 2.12. The standard InChI is InChI=1S/C27H43N11O5/c28-10-2-1-4-20(23(30)40)36-26(43)22(12-16-6-8-18(39)9-7-16)38-25(42)21(5-3-11-34-27(31)32)37-24(41)19(29)13-17-14-33-15-35-17/h6-9,14-15,19-22,39H,1-5,10-13,28-29H2,(H2,30,40)(H,33,35)(H,36,43)(H,37,41)(H,38,42)(H4,31,32,34)/t19-,20+,21+,22+/m1/s1. The van der Waals surface area contributed by atoms with E-state index in [-0.39, 0.29) is 43.9 Å². The van der Waals surface area contributed by atoms with Crippen molar-refractivity contribution in [2.75, 3.05) is 13.1 Å². The van der Waals surface area contributed by atoms with E-state index >= 15 is 0 Å². The van der Waals surface area contributed by atoms with Crippen LogP contribution in [0.4, 0.5) is 0 Å². The number of amides is 4. The van der Waals surface area contributed by atoms with Crippen LogP contribution in [0.3, 0.4) is 0 Å².